The van der Waals surface area contributed by atoms with Gasteiger partial charge >= 0.3 is 0 Å². The molecule has 0 aliphatic carbocycles. The van der Waals surface area contributed by atoms with Gasteiger partial charge in [0.05, 0.1) is 13.3 Å². The molecule has 0 bridgehead atoms. The lowest BCUT2D eigenvalue weighted by Gasteiger charge is -2.10. The largest absolute Gasteiger partial charge is 0.497 e. The Morgan fingerprint density at radius 2 is 2.00 bits per heavy atom. The molecular formula is C17H22N4OS. The monoisotopic (exact) mass is 330 g/mol. The van der Waals surface area contributed by atoms with Crippen LogP contribution >= 0.6 is 12.2 Å². The Hall–Kier alpha value is -2.34. The summed E-state index contributed by atoms with van der Waals surface area (Å²) in [4.78, 5) is 0. The number of hydrazone groups is 1. The maximum atomic E-state index is 5.21. The summed E-state index contributed by atoms with van der Waals surface area (Å²) in [6.45, 7) is 6.90. The van der Waals surface area contributed by atoms with Crippen molar-refractivity contribution in [1.29, 1.82) is 0 Å². The molecular weight excluding hydrogens is 308 g/mol. The van der Waals surface area contributed by atoms with Gasteiger partial charge in [0.15, 0.2) is 5.11 Å². The van der Waals surface area contributed by atoms with E-state index in [2.05, 4.69) is 40.3 Å². The molecule has 5 nitrogen and oxygen atoms in total. The standard InChI is InChI=1S/C17H22N4OS/c1-5-18-17(23)20-19-11-14-10-12(2)21(13(14)3)15-6-8-16(22-4)9-7-15/h6-11H,5H2,1-4H3,(H2,18,20,23)/b19-11+. The Kier molecular flexibility index (Phi) is 5.76. The van der Waals surface area contributed by atoms with Crippen LogP contribution in [0.15, 0.2) is 35.4 Å². The number of benzene rings is 1. The molecule has 122 valence electrons. The highest BCUT2D eigenvalue weighted by Gasteiger charge is 2.09. The van der Waals surface area contributed by atoms with Gasteiger partial charge in [-0.2, -0.15) is 5.10 Å². The first-order valence-corrected chi connectivity index (χ1v) is 7.88. The van der Waals surface area contributed by atoms with Gasteiger partial charge in [-0.25, -0.2) is 0 Å². The Balaban J connectivity index is 2.21. The molecule has 1 heterocycles. The Labute approximate surface area is 142 Å². The highest BCUT2D eigenvalue weighted by Crippen LogP contribution is 2.21. The molecule has 23 heavy (non-hydrogen) atoms. The number of nitrogens with one attached hydrogen (secondary N) is 2. The van der Waals surface area contributed by atoms with Gasteiger partial charge in [-0.1, -0.05) is 0 Å². The number of nitrogens with zero attached hydrogens (tertiary/aromatic N) is 2. The van der Waals surface area contributed by atoms with E-state index in [1.807, 2.05) is 31.2 Å². The highest BCUT2D eigenvalue weighted by molar-refractivity contribution is 7.80. The molecule has 0 radical (unpaired) electrons. The maximum Gasteiger partial charge on any atom is 0.186 e. The van der Waals surface area contributed by atoms with Gasteiger partial charge in [-0.3, -0.25) is 5.43 Å². The Morgan fingerprint density at radius 1 is 1.30 bits per heavy atom. The van der Waals surface area contributed by atoms with Crippen LogP contribution in [-0.2, 0) is 0 Å². The van der Waals surface area contributed by atoms with Crippen LogP contribution in [0.3, 0.4) is 0 Å². The number of thiocarbonyl (C=S) groups is 1. The van der Waals surface area contributed by atoms with E-state index >= 15 is 0 Å². The van der Waals surface area contributed by atoms with Crippen LogP contribution < -0.4 is 15.5 Å². The van der Waals surface area contributed by atoms with Gasteiger partial charge in [0, 0.05) is 29.2 Å². The smallest absolute Gasteiger partial charge is 0.186 e. The summed E-state index contributed by atoms with van der Waals surface area (Å²) in [6, 6.07) is 10.1. The molecule has 0 saturated heterocycles. The summed E-state index contributed by atoms with van der Waals surface area (Å²) in [5.74, 6) is 0.846. The molecule has 1 aromatic heterocycles. The van der Waals surface area contributed by atoms with Crippen molar-refractivity contribution in [2.24, 2.45) is 5.10 Å². The summed E-state index contributed by atoms with van der Waals surface area (Å²) in [7, 11) is 1.67. The first-order valence-electron chi connectivity index (χ1n) is 7.47. The van der Waals surface area contributed by atoms with Crippen LogP contribution in [0.1, 0.15) is 23.9 Å². The predicted molar refractivity (Wildman–Crippen MR) is 98.8 cm³/mol. The fourth-order valence-electron chi connectivity index (χ4n) is 2.41. The van der Waals surface area contributed by atoms with E-state index in [-0.39, 0.29) is 0 Å². The van der Waals surface area contributed by atoms with E-state index in [1.54, 1.807) is 13.3 Å². The zero-order chi connectivity index (χ0) is 16.8. The lowest BCUT2D eigenvalue weighted by molar-refractivity contribution is 0.414. The van der Waals surface area contributed by atoms with Crippen molar-refractivity contribution in [2.75, 3.05) is 13.7 Å². The van der Waals surface area contributed by atoms with E-state index in [0.29, 0.717) is 5.11 Å². The number of methoxy groups -OCH3 is 1. The third-order valence-corrected chi connectivity index (χ3v) is 3.74. The van der Waals surface area contributed by atoms with Crippen LogP contribution in [0.5, 0.6) is 5.75 Å². The fraction of sp³-hybridized carbons (Fsp3) is 0.294. The minimum Gasteiger partial charge on any atom is -0.497 e. The average molecular weight is 330 g/mol. The van der Waals surface area contributed by atoms with Gasteiger partial charge in [0.25, 0.3) is 0 Å². The summed E-state index contributed by atoms with van der Waals surface area (Å²) >= 11 is 5.08. The first-order chi connectivity index (χ1) is 11.1. The van der Waals surface area contributed by atoms with Gasteiger partial charge in [-0.05, 0) is 63.3 Å². The van der Waals surface area contributed by atoms with Crippen molar-refractivity contribution < 1.29 is 4.74 Å². The summed E-state index contributed by atoms with van der Waals surface area (Å²) in [6.07, 6.45) is 1.78. The maximum absolute atomic E-state index is 5.21. The second-order valence-electron chi connectivity index (χ2n) is 5.09. The number of hydrogen-bond acceptors (Lipinski definition) is 3. The van der Waals surface area contributed by atoms with Crippen LogP contribution in [0, 0.1) is 13.8 Å². The topological polar surface area (TPSA) is 50.6 Å². The van der Waals surface area contributed by atoms with Gasteiger partial charge in [0.1, 0.15) is 5.75 Å². The molecule has 0 unspecified atom stereocenters. The average Bonchev–Trinajstić information content (AvgIpc) is 2.82. The first kappa shape index (κ1) is 17.0. The van der Waals surface area contributed by atoms with Crippen LogP contribution in [0.2, 0.25) is 0 Å². The molecule has 0 aliphatic rings. The second kappa shape index (κ2) is 7.78. The number of aryl methyl sites for hydroxylation is 1. The van der Waals surface area contributed by atoms with Gasteiger partial charge in [-0.15, -0.1) is 0 Å². The molecule has 0 spiro atoms. The predicted octanol–water partition coefficient (Wildman–Crippen LogP) is 2.92. The molecule has 0 amide bonds. The third-order valence-electron chi connectivity index (χ3n) is 3.51. The molecule has 2 N–H and O–H groups in total. The van der Waals surface area contributed by atoms with Gasteiger partial charge < -0.3 is 14.6 Å². The Bertz CT molecular complexity index is 704. The van der Waals surface area contributed by atoms with E-state index in [9.17, 15) is 0 Å². The van der Waals surface area contributed by atoms with Crippen molar-refractivity contribution in [2.45, 2.75) is 20.8 Å². The summed E-state index contributed by atoms with van der Waals surface area (Å²) in [5, 5.41) is 7.69. The van der Waals surface area contributed by atoms with Crippen molar-refractivity contribution in [3.63, 3.8) is 0 Å². The number of ether oxygens (including phenoxy) is 1. The SMILES string of the molecule is CCNC(=S)N/N=C/c1cc(C)n(-c2ccc(OC)cc2)c1C. The minimum absolute atomic E-state index is 0.521. The van der Waals surface area contributed by atoms with Crippen molar-refractivity contribution in [1.82, 2.24) is 15.3 Å². The number of hydrogen-bond donors (Lipinski definition) is 2. The molecule has 0 atom stereocenters. The summed E-state index contributed by atoms with van der Waals surface area (Å²) < 4.78 is 7.39. The molecule has 0 fully saturated rings. The van der Waals surface area contributed by atoms with Crippen molar-refractivity contribution in [3.8, 4) is 11.4 Å². The molecule has 2 rings (SSSR count). The van der Waals surface area contributed by atoms with Crippen LogP contribution in [0.25, 0.3) is 5.69 Å². The summed E-state index contributed by atoms with van der Waals surface area (Å²) in [5.41, 5.74) is 7.21. The molecule has 0 aliphatic heterocycles. The Morgan fingerprint density at radius 3 is 2.61 bits per heavy atom. The zero-order valence-corrected chi connectivity index (χ0v) is 14.7. The van der Waals surface area contributed by atoms with Crippen molar-refractivity contribution >= 4 is 23.5 Å². The number of rotatable bonds is 5. The molecule has 1 aromatic carbocycles. The molecule has 6 heteroatoms. The van der Waals surface area contributed by atoms with Crippen molar-refractivity contribution in [3.05, 3.63) is 47.3 Å². The molecule has 0 saturated carbocycles. The van der Waals surface area contributed by atoms with Crippen LogP contribution in [0.4, 0.5) is 0 Å². The second-order valence-corrected chi connectivity index (χ2v) is 5.50. The highest BCUT2D eigenvalue weighted by atomic mass is 32.1. The minimum atomic E-state index is 0.521. The zero-order valence-electron chi connectivity index (χ0n) is 13.9. The lowest BCUT2D eigenvalue weighted by atomic mass is 10.2. The third kappa shape index (κ3) is 4.10. The lowest BCUT2D eigenvalue weighted by Crippen LogP contribution is -2.31. The quantitative estimate of drug-likeness (QED) is 0.503. The number of aromatic nitrogens is 1. The fourth-order valence-corrected chi connectivity index (χ4v) is 2.60. The van der Waals surface area contributed by atoms with E-state index in [1.165, 1.54) is 0 Å². The van der Waals surface area contributed by atoms with E-state index < -0.39 is 0 Å². The van der Waals surface area contributed by atoms with E-state index in [0.717, 1.165) is 34.9 Å². The van der Waals surface area contributed by atoms with Gasteiger partial charge in [0.2, 0.25) is 0 Å². The normalized spacial score (nSPS) is 10.8. The van der Waals surface area contributed by atoms with Crippen LogP contribution in [-0.4, -0.2) is 29.5 Å². The molecule has 2 aromatic rings. The van der Waals surface area contributed by atoms with E-state index in [4.69, 9.17) is 17.0 Å².